The van der Waals surface area contributed by atoms with Crippen LogP contribution in [0.5, 0.6) is 5.75 Å². The highest BCUT2D eigenvalue weighted by Crippen LogP contribution is 2.32. The van der Waals surface area contributed by atoms with Crippen molar-refractivity contribution in [2.75, 3.05) is 37.2 Å². The number of methoxy groups -OCH3 is 1. The quantitative estimate of drug-likeness (QED) is 0.737. The first-order valence-electron chi connectivity index (χ1n) is 7.94. The standard InChI is InChI=1S/C17H24N2O4S/c1-23-15-6-4-3-5-14(15)19-10-12(9-16(19)21)17(22)18-13(11-20)7-8-24-2/h3-6,12-13,20H,7-11H2,1-2H3,(H,18,22)/t12-,13+/m0/s1. The van der Waals surface area contributed by atoms with Crippen LogP contribution in [0.25, 0.3) is 0 Å². The Hall–Kier alpha value is -1.73. The maximum absolute atomic E-state index is 12.4. The summed E-state index contributed by atoms with van der Waals surface area (Å²) < 4.78 is 5.30. The van der Waals surface area contributed by atoms with Crippen molar-refractivity contribution in [2.24, 2.45) is 5.92 Å². The minimum Gasteiger partial charge on any atom is -0.495 e. The second kappa shape index (κ2) is 8.94. The number of carbonyl (C=O) groups is 2. The van der Waals surface area contributed by atoms with Crippen LogP contribution in [0.3, 0.4) is 0 Å². The lowest BCUT2D eigenvalue weighted by Gasteiger charge is -2.20. The van der Waals surface area contributed by atoms with Gasteiger partial charge in [-0.2, -0.15) is 11.8 Å². The number of anilines is 1. The molecule has 2 atom stereocenters. The van der Waals surface area contributed by atoms with E-state index in [1.165, 1.54) is 0 Å². The summed E-state index contributed by atoms with van der Waals surface area (Å²) in [5, 5.41) is 12.2. The van der Waals surface area contributed by atoms with Gasteiger partial charge in [0.1, 0.15) is 5.75 Å². The summed E-state index contributed by atoms with van der Waals surface area (Å²) in [6.45, 7) is 0.231. The van der Waals surface area contributed by atoms with E-state index in [0.717, 1.165) is 5.75 Å². The fourth-order valence-corrected chi connectivity index (χ4v) is 3.28. The van der Waals surface area contributed by atoms with E-state index in [0.29, 0.717) is 24.4 Å². The van der Waals surface area contributed by atoms with Gasteiger partial charge in [0, 0.05) is 13.0 Å². The molecule has 1 aromatic rings. The molecule has 1 aliphatic rings. The summed E-state index contributed by atoms with van der Waals surface area (Å²) in [7, 11) is 1.56. The van der Waals surface area contributed by atoms with Crippen LogP contribution in [0, 0.1) is 5.92 Å². The number of hydrogen-bond donors (Lipinski definition) is 2. The molecular weight excluding hydrogens is 328 g/mol. The van der Waals surface area contributed by atoms with Gasteiger partial charge in [0.2, 0.25) is 11.8 Å². The Morgan fingerprint density at radius 1 is 1.50 bits per heavy atom. The molecule has 1 aromatic carbocycles. The number of carbonyl (C=O) groups excluding carboxylic acids is 2. The van der Waals surface area contributed by atoms with E-state index in [2.05, 4.69) is 5.32 Å². The molecule has 6 nitrogen and oxygen atoms in total. The molecule has 1 aliphatic heterocycles. The van der Waals surface area contributed by atoms with Crippen molar-refractivity contribution < 1.29 is 19.4 Å². The lowest BCUT2D eigenvalue weighted by Crippen LogP contribution is -2.42. The van der Waals surface area contributed by atoms with Crippen LogP contribution in [0.4, 0.5) is 5.69 Å². The highest BCUT2D eigenvalue weighted by atomic mass is 32.2. The smallest absolute Gasteiger partial charge is 0.227 e. The molecule has 0 aliphatic carbocycles. The molecule has 132 valence electrons. The molecule has 0 bridgehead atoms. The molecule has 7 heteroatoms. The summed E-state index contributed by atoms with van der Waals surface area (Å²) in [5.41, 5.74) is 0.682. The fourth-order valence-electron chi connectivity index (χ4n) is 2.76. The molecule has 2 amide bonds. The van der Waals surface area contributed by atoms with Gasteiger partial charge in [-0.15, -0.1) is 0 Å². The van der Waals surface area contributed by atoms with Gasteiger partial charge in [0.25, 0.3) is 0 Å². The largest absolute Gasteiger partial charge is 0.495 e. The number of nitrogens with zero attached hydrogens (tertiary/aromatic N) is 1. The third-order valence-corrected chi connectivity index (χ3v) is 4.75. The van der Waals surface area contributed by atoms with Crippen LogP contribution in [-0.4, -0.2) is 55.2 Å². The summed E-state index contributed by atoms with van der Waals surface area (Å²) in [4.78, 5) is 26.3. The van der Waals surface area contributed by atoms with Crippen LogP contribution < -0.4 is 15.0 Å². The second-order valence-electron chi connectivity index (χ2n) is 5.75. The van der Waals surface area contributed by atoms with Gasteiger partial charge in [-0.3, -0.25) is 9.59 Å². The van der Waals surface area contributed by atoms with Gasteiger partial charge < -0.3 is 20.1 Å². The number of para-hydroxylation sites is 2. The van der Waals surface area contributed by atoms with Crippen LogP contribution >= 0.6 is 11.8 Å². The first-order valence-corrected chi connectivity index (χ1v) is 9.33. The molecule has 1 saturated heterocycles. The molecule has 0 spiro atoms. The Morgan fingerprint density at radius 3 is 2.92 bits per heavy atom. The predicted octanol–water partition coefficient (Wildman–Crippen LogP) is 1.28. The SMILES string of the molecule is COc1ccccc1N1C[C@@H](C(=O)N[C@@H](CO)CCSC)CC1=O. The molecule has 0 unspecified atom stereocenters. The summed E-state index contributed by atoms with van der Waals surface area (Å²) in [6, 6.07) is 7.01. The Balaban J connectivity index is 2.02. The molecule has 1 heterocycles. The minimum absolute atomic E-state index is 0.0932. The van der Waals surface area contributed by atoms with Gasteiger partial charge in [-0.1, -0.05) is 12.1 Å². The maximum atomic E-state index is 12.4. The Bertz CT molecular complexity index is 581. The highest BCUT2D eigenvalue weighted by molar-refractivity contribution is 7.98. The maximum Gasteiger partial charge on any atom is 0.227 e. The molecule has 0 saturated carbocycles. The van der Waals surface area contributed by atoms with Gasteiger partial charge >= 0.3 is 0 Å². The number of aliphatic hydroxyl groups is 1. The van der Waals surface area contributed by atoms with Crippen molar-refractivity contribution in [1.82, 2.24) is 5.32 Å². The summed E-state index contributed by atoms with van der Waals surface area (Å²) >= 11 is 1.67. The van der Waals surface area contributed by atoms with Crippen LogP contribution in [-0.2, 0) is 9.59 Å². The second-order valence-corrected chi connectivity index (χ2v) is 6.73. The van der Waals surface area contributed by atoms with E-state index < -0.39 is 5.92 Å². The average Bonchev–Trinajstić information content (AvgIpc) is 3.00. The summed E-state index contributed by atoms with van der Waals surface area (Å²) in [5.74, 6) is 0.790. The van der Waals surface area contributed by atoms with E-state index in [1.807, 2.05) is 24.5 Å². The number of amides is 2. The highest BCUT2D eigenvalue weighted by Gasteiger charge is 2.36. The lowest BCUT2D eigenvalue weighted by molar-refractivity contribution is -0.127. The Labute approximate surface area is 146 Å². The van der Waals surface area contributed by atoms with Crippen molar-refractivity contribution >= 4 is 29.3 Å². The number of ether oxygens (including phenoxy) is 1. The monoisotopic (exact) mass is 352 g/mol. The fraction of sp³-hybridized carbons (Fsp3) is 0.529. The van der Waals surface area contributed by atoms with Crippen LogP contribution in [0.1, 0.15) is 12.8 Å². The van der Waals surface area contributed by atoms with E-state index in [1.54, 1.807) is 29.8 Å². The van der Waals surface area contributed by atoms with Crippen molar-refractivity contribution in [3.05, 3.63) is 24.3 Å². The third kappa shape index (κ3) is 4.42. The number of aliphatic hydroxyl groups excluding tert-OH is 1. The van der Waals surface area contributed by atoms with Gasteiger partial charge in [0.15, 0.2) is 0 Å². The summed E-state index contributed by atoms with van der Waals surface area (Å²) in [6.07, 6.45) is 2.86. The normalized spacial score (nSPS) is 18.5. The van der Waals surface area contributed by atoms with Gasteiger partial charge in [-0.25, -0.2) is 0 Å². The number of nitrogens with one attached hydrogen (secondary N) is 1. The zero-order valence-corrected chi connectivity index (χ0v) is 14.8. The first kappa shape index (κ1) is 18.6. The molecule has 0 aromatic heterocycles. The lowest BCUT2D eigenvalue weighted by atomic mass is 10.1. The minimum atomic E-state index is -0.411. The number of thioether (sulfide) groups is 1. The molecule has 2 rings (SSSR count). The number of rotatable bonds is 8. The number of benzene rings is 1. The van der Waals surface area contributed by atoms with E-state index in [4.69, 9.17) is 4.74 Å². The van der Waals surface area contributed by atoms with Crippen molar-refractivity contribution in [3.63, 3.8) is 0 Å². The molecule has 24 heavy (non-hydrogen) atoms. The molecule has 2 N–H and O–H groups in total. The molecule has 0 radical (unpaired) electrons. The molecular formula is C17H24N2O4S. The van der Waals surface area contributed by atoms with E-state index in [9.17, 15) is 14.7 Å². The van der Waals surface area contributed by atoms with Crippen molar-refractivity contribution in [3.8, 4) is 5.75 Å². The predicted molar refractivity (Wildman–Crippen MR) is 95.5 cm³/mol. The topological polar surface area (TPSA) is 78.9 Å². The van der Waals surface area contributed by atoms with Crippen LogP contribution in [0.15, 0.2) is 24.3 Å². The number of hydrogen-bond acceptors (Lipinski definition) is 5. The van der Waals surface area contributed by atoms with Gasteiger partial charge in [0.05, 0.1) is 31.4 Å². The third-order valence-electron chi connectivity index (χ3n) is 4.11. The van der Waals surface area contributed by atoms with Gasteiger partial charge in [-0.05, 0) is 30.6 Å². The zero-order chi connectivity index (χ0) is 17.5. The first-order chi connectivity index (χ1) is 11.6. The van der Waals surface area contributed by atoms with Crippen molar-refractivity contribution in [1.29, 1.82) is 0 Å². The Kier molecular flexibility index (Phi) is 6.93. The van der Waals surface area contributed by atoms with E-state index in [-0.39, 0.29) is 30.9 Å². The van der Waals surface area contributed by atoms with Crippen LogP contribution in [0.2, 0.25) is 0 Å². The zero-order valence-electron chi connectivity index (χ0n) is 14.0. The van der Waals surface area contributed by atoms with E-state index >= 15 is 0 Å². The average molecular weight is 352 g/mol. The van der Waals surface area contributed by atoms with Crippen molar-refractivity contribution in [2.45, 2.75) is 18.9 Å². The molecule has 1 fully saturated rings. The Morgan fingerprint density at radius 2 is 2.25 bits per heavy atom.